The minimum Gasteiger partial charge on any atom is -0.0794 e. The van der Waals surface area contributed by atoms with Crippen LogP contribution >= 0.6 is 33.8 Å². The first-order valence-electron chi connectivity index (χ1n) is 4.59. The van der Waals surface area contributed by atoms with Crippen molar-refractivity contribution in [1.29, 1.82) is 0 Å². The number of hydrogen-bond donors (Lipinski definition) is 0. The van der Waals surface area contributed by atoms with Gasteiger partial charge in [0.2, 0.25) is 0 Å². The van der Waals surface area contributed by atoms with Gasteiger partial charge in [0, 0.05) is 9.77 Å². The van der Waals surface area contributed by atoms with Crippen LogP contribution in [0.2, 0.25) is 0 Å². The van der Waals surface area contributed by atoms with E-state index in [0.29, 0.717) is 0 Å². The van der Waals surface area contributed by atoms with E-state index in [2.05, 4.69) is 19.1 Å². The molecule has 1 aliphatic heterocycles. The smallest absolute Gasteiger partial charge is 0.0460 e. The van der Waals surface area contributed by atoms with Gasteiger partial charge in [-0.15, -0.1) is 0 Å². The third kappa shape index (κ3) is 2.97. The van der Waals surface area contributed by atoms with Crippen LogP contribution in [0, 0.1) is 0 Å². The molecule has 0 saturated heterocycles. The summed E-state index contributed by atoms with van der Waals surface area (Å²) in [4.78, 5) is 3.48. The Morgan fingerprint density at radius 3 is 2.53 bits per heavy atom. The highest BCUT2D eigenvalue weighted by molar-refractivity contribution is 8.80. The maximum absolute atomic E-state index is 5.37. The van der Waals surface area contributed by atoms with Gasteiger partial charge in [-0.3, -0.25) is 0 Å². The zero-order chi connectivity index (χ0) is 10.7. The van der Waals surface area contributed by atoms with Gasteiger partial charge < -0.3 is 0 Å². The van der Waals surface area contributed by atoms with Gasteiger partial charge >= 0.3 is 0 Å². The van der Waals surface area contributed by atoms with E-state index in [-0.39, 0.29) is 0 Å². The number of benzene rings is 1. The molecule has 2 rings (SSSR count). The Bertz CT molecular complexity index is 429. The van der Waals surface area contributed by atoms with Crippen molar-refractivity contribution in [2.24, 2.45) is 0 Å². The maximum atomic E-state index is 5.37. The first kappa shape index (κ1) is 11.0. The Balaban J connectivity index is 2.17. The van der Waals surface area contributed by atoms with Crippen molar-refractivity contribution < 1.29 is 0 Å². The lowest BCUT2D eigenvalue weighted by Crippen LogP contribution is -1.91. The Morgan fingerprint density at radius 2 is 1.93 bits per heavy atom. The fraction of sp³-hybridized carbons (Fsp3) is 0.0833. The molecule has 0 atom stereocenters. The Kier molecular flexibility index (Phi) is 3.67. The van der Waals surface area contributed by atoms with E-state index in [9.17, 15) is 0 Å². The topological polar surface area (TPSA) is 0 Å². The molecule has 0 amide bonds. The van der Waals surface area contributed by atoms with Crippen LogP contribution in [-0.2, 0) is 0 Å². The SMILES string of the molecule is CC1=C/C(=C/C(=S)c2ccccc2)SS1. The van der Waals surface area contributed by atoms with E-state index in [4.69, 9.17) is 12.2 Å². The second kappa shape index (κ2) is 5.01. The number of hydrogen-bond acceptors (Lipinski definition) is 3. The average Bonchev–Trinajstić information content (AvgIpc) is 2.65. The number of rotatable bonds is 2. The van der Waals surface area contributed by atoms with Crippen molar-refractivity contribution in [2.75, 3.05) is 0 Å². The molecular formula is C12H10S3. The van der Waals surface area contributed by atoms with Crippen molar-refractivity contribution in [3.05, 3.63) is 57.9 Å². The third-order valence-electron chi connectivity index (χ3n) is 1.95. The predicted octanol–water partition coefficient (Wildman–Crippen LogP) is 4.59. The van der Waals surface area contributed by atoms with Crippen LogP contribution in [0.1, 0.15) is 12.5 Å². The minimum absolute atomic E-state index is 0.907. The molecule has 0 aromatic heterocycles. The third-order valence-corrected chi connectivity index (χ3v) is 4.81. The normalized spacial score (nSPS) is 17.9. The van der Waals surface area contributed by atoms with Gasteiger partial charge in [0.05, 0.1) is 0 Å². The largest absolute Gasteiger partial charge is 0.0794 e. The zero-order valence-electron chi connectivity index (χ0n) is 8.27. The van der Waals surface area contributed by atoms with Crippen molar-refractivity contribution in [1.82, 2.24) is 0 Å². The van der Waals surface area contributed by atoms with Crippen LogP contribution in [0.15, 0.2) is 52.3 Å². The van der Waals surface area contributed by atoms with Crippen LogP contribution in [-0.4, -0.2) is 4.86 Å². The second-order valence-corrected chi connectivity index (χ2v) is 6.09. The standard InChI is InChI=1S/C12H10S3/c1-9-7-11(15-14-9)8-12(13)10-5-3-2-4-6-10/h2-8H,1H3/b11-8-. The molecule has 0 radical (unpaired) electrons. The Hall–Kier alpha value is -0.510. The van der Waals surface area contributed by atoms with Crippen molar-refractivity contribution in [3.63, 3.8) is 0 Å². The first-order valence-corrected chi connectivity index (χ1v) is 7.15. The quantitative estimate of drug-likeness (QED) is 0.326. The molecule has 0 nitrogen and oxygen atoms in total. The summed E-state index contributed by atoms with van der Waals surface area (Å²) in [6.45, 7) is 2.12. The predicted molar refractivity (Wildman–Crippen MR) is 75.2 cm³/mol. The van der Waals surface area contributed by atoms with Crippen molar-refractivity contribution in [3.8, 4) is 0 Å². The lowest BCUT2D eigenvalue weighted by Gasteiger charge is -1.98. The van der Waals surface area contributed by atoms with Crippen LogP contribution in [0.3, 0.4) is 0 Å². The molecule has 1 aromatic rings. The molecule has 0 spiro atoms. The summed E-state index contributed by atoms with van der Waals surface area (Å²) in [6, 6.07) is 10.1. The highest BCUT2D eigenvalue weighted by Gasteiger charge is 2.08. The van der Waals surface area contributed by atoms with Crippen molar-refractivity contribution in [2.45, 2.75) is 6.92 Å². The fourth-order valence-electron chi connectivity index (χ4n) is 1.24. The van der Waals surface area contributed by atoms with Gasteiger partial charge in [0.15, 0.2) is 0 Å². The molecule has 15 heavy (non-hydrogen) atoms. The highest BCUT2D eigenvalue weighted by Crippen LogP contribution is 2.44. The van der Waals surface area contributed by atoms with E-state index in [1.165, 1.54) is 9.81 Å². The molecule has 0 fully saturated rings. The maximum Gasteiger partial charge on any atom is 0.0460 e. The molecule has 76 valence electrons. The minimum atomic E-state index is 0.907. The Labute approximate surface area is 103 Å². The molecule has 0 N–H and O–H groups in total. The summed E-state index contributed by atoms with van der Waals surface area (Å²) < 4.78 is 0. The van der Waals surface area contributed by atoms with Gasteiger partial charge in [-0.25, -0.2) is 0 Å². The summed E-state index contributed by atoms with van der Waals surface area (Å²) in [5.74, 6) is 0. The van der Waals surface area contributed by atoms with Crippen LogP contribution in [0.4, 0.5) is 0 Å². The van der Waals surface area contributed by atoms with E-state index in [1.54, 1.807) is 21.6 Å². The van der Waals surface area contributed by atoms with E-state index in [0.717, 1.165) is 10.4 Å². The molecule has 0 aliphatic carbocycles. The lowest BCUT2D eigenvalue weighted by molar-refractivity contribution is 1.66. The summed E-state index contributed by atoms with van der Waals surface area (Å²) in [7, 11) is 3.56. The molecular weight excluding hydrogens is 240 g/mol. The lowest BCUT2D eigenvalue weighted by atomic mass is 10.1. The molecule has 1 heterocycles. The summed E-state index contributed by atoms with van der Waals surface area (Å²) >= 11 is 5.37. The zero-order valence-corrected chi connectivity index (χ0v) is 10.7. The van der Waals surface area contributed by atoms with Gasteiger partial charge in [-0.1, -0.05) is 64.1 Å². The number of allylic oxidation sites excluding steroid dienone is 3. The van der Waals surface area contributed by atoms with Crippen LogP contribution in [0.25, 0.3) is 0 Å². The number of thiocarbonyl (C=S) groups is 1. The second-order valence-electron chi connectivity index (χ2n) is 3.20. The monoisotopic (exact) mass is 250 g/mol. The van der Waals surface area contributed by atoms with Gasteiger partial charge in [0.25, 0.3) is 0 Å². The fourth-order valence-corrected chi connectivity index (χ4v) is 3.56. The molecule has 1 aliphatic rings. The van der Waals surface area contributed by atoms with E-state index in [1.807, 2.05) is 30.3 Å². The molecule has 0 unspecified atom stereocenters. The Morgan fingerprint density at radius 1 is 1.20 bits per heavy atom. The molecule has 1 aromatic carbocycles. The van der Waals surface area contributed by atoms with Gasteiger partial charge in [0.1, 0.15) is 0 Å². The molecule has 0 saturated carbocycles. The highest BCUT2D eigenvalue weighted by atomic mass is 33.1. The van der Waals surface area contributed by atoms with Crippen LogP contribution < -0.4 is 0 Å². The first-order chi connectivity index (χ1) is 7.25. The van der Waals surface area contributed by atoms with E-state index < -0.39 is 0 Å². The van der Waals surface area contributed by atoms with Gasteiger partial charge in [-0.05, 0) is 29.5 Å². The molecule has 3 heteroatoms. The molecule has 0 bridgehead atoms. The van der Waals surface area contributed by atoms with E-state index >= 15 is 0 Å². The summed E-state index contributed by atoms with van der Waals surface area (Å²) in [6.07, 6.45) is 4.24. The summed E-state index contributed by atoms with van der Waals surface area (Å²) in [5.41, 5.74) is 1.11. The van der Waals surface area contributed by atoms with Crippen molar-refractivity contribution >= 4 is 38.7 Å². The average molecular weight is 250 g/mol. The summed E-state index contributed by atoms with van der Waals surface area (Å²) in [5, 5.41) is 0. The van der Waals surface area contributed by atoms with Crippen LogP contribution in [0.5, 0.6) is 0 Å². The van der Waals surface area contributed by atoms with Gasteiger partial charge in [-0.2, -0.15) is 0 Å².